The Morgan fingerprint density at radius 2 is 1.26 bits per heavy atom. The van der Waals surface area contributed by atoms with Crippen LogP contribution in [0.5, 0.6) is 0 Å². The van der Waals surface area contributed by atoms with Crippen molar-refractivity contribution in [2.75, 3.05) is 53.5 Å². The summed E-state index contributed by atoms with van der Waals surface area (Å²) >= 11 is 0. The summed E-state index contributed by atoms with van der Waals surface area (Å²) in [5.41, 5.74) is 1.53. The number of hydrogen-bond acceptors (Lipinski definition) is 7. The van der Waals surface area contributed by atoms with E-state index in [-0.39, 0.29) is 55.2 Å². The highest BCUT2D eigenvalue weighted by Gasteiger charge is 2.46. The lowest BCUT2D eigenvalue weighted by atomic mass is 10.1. The Morgan fingerprint density at radius 3 is 1.74 bits per heavy atom. The summed E-state index contributed by atoms with van der Waals surface area (Å²) in [4.78, 5) is 35.5. The maximum absolute atomic E-state index is 12.9. The van der Waals surface area contributed by atoms with E-state index >= 15 is 0 Å². The first-order chi connectivity index (χ1) is 18.1. The topological polar surface area (TPSA) is 82.6 Å². The first kappa shape index (κ1) is 27.8. The van der Waals surface area contributed by atoms with Gasteiger partial charge in [-0.1, -0.05) is 24.3 Å². The van der Waals surface area contributed by atoms with Gasteiger partial charge in [0.15, 0.2) is 5.78 Å². The van der Waals surface area contributed by atoms with E-state index < -0.39 is 5.79 Å². The second-order valence-corrected chi connectivity index (χ2v) is 9.64. The van der Waals surface area contributed by atoms with Crippen LogP contribution in [-0.2, 0) is 36.7 Å². The lowest BCUT2D eigenvalue weighted by Gasteiger charge is -2.32. The van der Waals surface area contributed by atoms with E-state index in [4.69, 9.17) is 9.47 Å². The number of Topliss-reactive ketones (excluding diaryl/α,β-unsaturated/α-hetero) is 1. The molecule has 0 N–H and O–H groups in total. The predicted molar refractivity (Wildman–Crippen MR) is 133 cm³/mol. The summed E-state index contributed by atoms with van der Waals surface area (Å²) in [6.45, 7) is 2.68. The van der Waals surface area contributed by atoms with Gasteiger partial charge in [-0.15, -0.1) is 0 Å². The summed E-state index contributed by atoms with van der Waals surface area (Å²) in [7, 11) is 3.55. The summed E-state index contributed by atoms with van der Waals surface area (Å²) in [6, 6.07) is 11.8. The SMILES string of the molecule is CN1CC(=O)CN1C(=O)Cc1ccc(F)cc1.CN1CC2(CN1C(=O)Cc1ccc(F)cc1)OCCCO2. The Bertz CT molecular complexity index is 1140. The quantitative estimate of drug-likeness (QED) is 0.597. The van der Waals surface area contributed by atoms with Crippen molar-refractivity contribution in [2.24, 2.45) is 0 Å². The first-order valence-electron chi connectivity index (χ1n) is 12.5. The summed E-state index contributed by atoms with van der Waals surface area (Å²) in [6.07, 6.45) is 1.30. The molecule has 0 bridgehead atoms. The molecule has 0 aliphatic carbocycles. The molecule has 2 amide bonds. The van der Waals surface area contributed by atoms with Crippen LogP contribution in [0.15, 0.2) is 48.5 Å². The number of nitrogens with zero attached hydrogens (tertiary/aromatic N) is 4. The number of amides is 2. The predicted octanol–water partition coefficient (Wildman–Crippen LogP) is 1.82. The molecule has 0 atom stereocenters. The summed E-state index contributed by atoms with van der Waals surface area (Å²) in [5, 5.41) is 6.51. The third-order valence-corrected chi connectivity index (χ3v) is 6.55. The Morgan fingerprint density at radius 1 is 0.763 bits per heavy atom. The average molecular weight is 531 g/mol. The standard InChI is InChI=1S/C15H19FN2O3.C12H13FN2O2/c1-17-10-15(20-7-2-8-21-15)11-18(17)14(19)9-12-3-5-13(16)6-4-12;1-14-7-11(16)8-15(14)12(17)6-9-2-4-10(13)5-3-9/h3-6H,2,7-11H2,1H3;2-5H,6-8H2,1H3. The van der Waals surface area contributed by atoms with Crippen LogP contribution in [-0.4, -0.2) is 96.9 Å². The Hall–Kier alpha value is -3.25. The van der Waals surface area contributed by atoms with E-state index in [9.17, 15) is 23.2 Å². The molecule has 0 aromatic heterocycles. The van der Waals surface area contributed by atoms with Gasteiger partial charge in [-0.05, 0) is 41.8 Å². The molecular weight excluding hydrogens is 498 g/mol. The van der Waals surface area contributed by atoms with E-state index in [2.05, 4.69) is 0 Å². The minimum absolute atomic E-state index is 0.0277. The van der Waals surface area contributed by atoms with Crippen molar-refractivity contribution in [1.29, 1.82) is 0 Å². The number of hydrogen-bond donors (Lipinski definition) is 0. The highest BCUT2D eigenvalue weighted by Crippen LogP contribution is 2.28. The molecule has 3 aliphatic rings. The van der Waals surface area contributed by atoms with Crippen LogP contribution < -0.4 is 0 Å². The number of halogens is 2. The number of ether oxygens (including phenoxy) is 2. The molecule has 38 heavy (non-hydrogen) atoms. The maximum Gasteiger partial charge on any atom is 0.241 e. The molecule has 2 aromatic rings. The number of hydrazine groups is 2. The van der Waals surface area contributed by atoms with E-state index in [1.165, 1.54) is 29.3 Å². The zero-order valence-corrected chi connectivity index (χ0v) is 21.6. The summed E-state index contributed by atoms with van der Waals surface area (Å²) in [5.74, 6) is -1.48. The highest BCUT2D eigenvalue weighted by atomic mass is 19.1. The Labute approximate surface area is 220 Å². The van der Waals surface area contributed by atoms with Gasteiger partial charge in [0, 0.05) is 14.1 Å². The van der Waals surface area contributed by atoms with Crippen molar-refractivity contribution in [3.8, 4) is 0 Å². The van der Waals surface area contributed by atoms with Crippen LogP contribution in [0, 0.1) is 11.6 Å². The normalized spacial score (nSPS) is 19.5. The van der Waals surface area contributed by atoms with Crippen molar-refractivity contribution in [2.45, 2.75) is 25.0 Å². The molecule has 2 aromatic carbocycles. The molecule has 3 saturated heterocycles. The van der Waals surface area contributed by atoms with Crippen LogP contribution in [0.4, 0.5) is 8.78 Å². The van der Waals surface area contributed by atoms with Crippen molar-refractivity contribution < 1.29 is 32.6 Å². The van der Waals surface area contributed by atoms with Gasteiger partial charge in [0.25, 0.3) is 0 Å². The number of carbonyl (C=O) groups is 3. The molecule has 3 fully saturated rings. The zero-order valence-electron chi connectivity index (χ0n) is 21.6. The van der Waals surface area contributed by atoms with Gasteiger partial charge >= 0.3 is 0 Å². The highest BCUT2D eigenvalue weighted by molar-refractivity contribution is 5.90. The Kier molecular flexibility index (Phi) is 8.83. The van der Waals surface area contributed by atoms with E-state index in [0.717, 1.165) is 17.5 Å². The fourth-order valence-electron chi connectivity index (χ4n) is 4.60. The average Bonchev–Trinajstić information content (AvgIpc) is 3.40. The van der Waals surface area contributed by atoms with E-state index in [0.29, 0.717) is 26.3 Å². The molecule has 3 aliphatic heterocycles. The second-order valence-electron chi connectivity index (χ2n) is 9.64. The van der Waals surface area contributed by atoms with Crippen LogP contribution in [0.1, 0.15) is 17.5 Å². The van der Waals surface area contributed by atoms with Crippen molar-refractivity contribution in [3.05, 3.63) is 71.3 Å². The molecular formula is C27H32F2N4O5. The molecule has 5 rings (SSSR count). The molecule has 0 saturated carbocycles. The minimum Gasteiger partial charge on any atom is -0.347 e. The third-order valence-electron chi connectivity index (χ3n) is 6.55. The van der Waals surface area contributed by atoms with Gasteiger partial charge in [-0.25, -0.2) is 18.8 Å². The molecule has 204 valence electrons. The van der Waals surface area contributed by atoms with Crippen molar-refractivity contribution in [3.63, 3.8) is 0 Å². The fourth-order valence-corrected chi connectivity index (χ4v) is 4.60. The molecule has 1 spiro atoms. The van der Waals surface area contributed by atoms with Crippen molar-refractivity contribution in [1.82, 2.24) is 20.0 Å². The largest absolute Gasteiger partial charge is 0.347 e. The van der Waals surface area contributed by atoms with Gasteiger partial charge in [0.05, 0.1) is 52.2 Å². The zero-order chi connectivity index (χ0) is 27.3. The monoisotopic (exact) mass is 530 g/mol. The summed E-state index contributed by atoms with van der Waals surface area (Å²) < 4.78 is 37.1. The van der Waals surface area contributed by atoms with Crippen molar-refractivity contribution >= 4 is 17.6 Å². The van der Waals surface area contributed by atoms with Crippen LogP contribution >= 0.6 is 0 Å². The maximum atomic E-state index is 12.9. The number of rotatable bonds is 4. The molecule has 3 heterocycles. The number of ketones is 1. The van der Waals surface area contributed by atoms with E-state index in [1.54, 1.807) is 41.3 Å². The lowest BCUT2D eigenvalue weighted by Crippen LogP contribution is -2.46. The van der Waals surface area contributed by atoms with Crippen LogP contribution in [0.25, 0.3) is 0 Å². The number of benzene rings is 2. The molecule has 0 radical (unpaired) electrons. The van der Waals surface area contributed by atoms with Gasteiger partial charge < -0.3 is 9.47 Å². The van der Waals surface area contributed by atoms with Crippen LogP contribution in [0.2, 0.25) is 0 Å². The fraction of sp³-hybridized carbons (Fsp3) is 0.444. The first-order valence-corrected chi connectivity index (χ1v) is 12.5. The number of carbonyl (C=O) groups excluding carboxylic acids is 3. The van der Waals surface area contributed by atoms with E-state index in [1.807, 2.05) is 12.1 Å². The lowest BCUT2D eigenvalue weighted by molar-refractivity contribution is -0.251. The third kappa shape index (κ3) is 6.98. The molecule has 11 heteroatoms. The number of likely N-dealkylation sites (N-methyl/N-ethyl adjacent to an activating group) is 2. The van der Waals surface area contributed by atoms with Crippen LogP contribution in [0.3, 0.4) is 0 Å². The smallest absolute Gasteiger partial charge is 0.241 e. The molecule has 9 nitrogen and oxygen atoms in total. The molecule has 0 unspecified atom stereocenters. The van der Waals surface area contributed by atoms with Gasteiger partial charge in [-0.2, -0.15) is 0 Å². The van der Waals surface area contributed by atoms with Gasteiger partial charge in [0.1, 0.15) is 11.6 Å². The Balaban J connectivity index is 0.000000181. The minimum atomic E-state index is -0.689. The second kappa shape index (κ2) is 12.1. The van der Waals surface area contributed by atoms with Gasteiger partial charge in [0.2, 0.25) is 17.6 Å². The van der Waals surface area contributed by atoms with Gasteiger partial charge in [-0.3, -0.25) is 24.4 Å².